The van der Waals surface area contributed by atoms with Crippen LogP contribution >= 0.6 is 0 Å². The van der Waals surface area contributed by atoms with E-state index in [2.05, 4.69) is 25.1 Å². The van der Waals surface area contributed by atoms with Crippen LogP contribution in [0.5, 0.6) is 5.75 Å². The van der Waals surface area contributed by atoms with Gasteiger partial charge in [-0.15, -0.1) is 0 Å². The normalized spacial score (nSPS) is 22.4. The summed E-state index contributed by atoms with van der Waals surface area (Å²) in [4.78, 5) is 0. The summed E-state index contributed by atoms with van der Waals surface area (Å²) in [5.74, 6) is 1.18. The Hall–Kier alpha value is -0.980. The lowest BCUT2D eigenvalue weighted by molar-refractivity contribution is 0.142. The molecule has 1 nitrogen and oxygen atoms in total. The summed E-state index contributed by atoms with van der Waals surface area (Å²) in [6.07, 6.45) is 5.36. The highest BCUT2D eigenvalue weighted by atomic mass is 16.5. The number of rotatable bonds is 0. The Morgan fingerprint density at radius 1 is 1.21 bits per heavy atom. The second kappa shape index (κ2) is 2.75. The topological polar surface area (TPSA) is 9.23 Å². The van der Waals surface area contributed by atoms with E-state index in [4.69, 9.17) is 4.74 Å². The van der Waals surface area contributed by atoms with E-state index in [9.17, 15) is 0 Å². The Labute approximate surface area is 85.1 Å². The van der Waals surface area contributed by atoms with Crippen LogP contribution < -0.4 is 4.74 Å². The molecule has 1 aliphatic carbocycles. The summed E-state index contributed by atoms with van der Waals surface area (Å²) < 4.78 is 5.79. The Morgan fingerprint density at radius 3 is 2.79 bits per heavy atom. The first-order valence-corrected chi connectivity index (χ1v) is 5.55. The Bertz CT molecular complexity index is 363. The molecule has 14 heavy (non-hydrogen) atoms. The van der Waals surface area contributed by atoms with Crippen LogP contribution in [0.3, 0.4) is 0 Å². The summed E-state index contributed by atoms with van der Waals surface area (Å²) in [7, 11) is 0. The molecule has 1 fully saturated rings. The number of ether oxygens (including phenoxy) is 1. The van der Waals surface area contributed by atoms with E-state index in [-0.39, 0.29) is 0 Å². The highest BCUT2D eigenvalue weighted by molar-refractivity contribution is 5.47. The van der Waals surface area contributed by atoms with Gasteiger partial charge in [-0.25, -0.2) is 0 Å². The molecule has 2 aliphatic rings. The van der Waals surface area contributed by atoms with Gasteiger partial charge in [0.25, 0.3) is 0 Å². The zero-order valence-corrected chi connectivity index (χ0v) is 8.68. The summed E-state index contributed by atoms with van der Waals surface area (Å²) in [6, 6.07) is 6.58. The number of aryl methyl sites for hydroxylation is 1. The quantitative estimate of drug-likeness (QED) is 0.607. The smallest absolute Gasteiger partial charge is 0.125 e. The maximum absolute atomic E-state index is 5.79. The van der Waals surface area contributed by atoms with Crippen molar-refractivity contribution >= 4 is 0 Å². The molecule has 1 aromatic rings. The number of benzene rings is 1. The Morgan fingerprint density at radius 2 is 2.07 bits per heavy atom. The maximum atomic E-state index is 5.79. The number of para-hydroxylation sites is 1. The summed E-state index contributed by atoms with van der Waals surface area (Å²) >= 11 is 0. The van der Waals surface area contributed by atoms with Crippen LogP contribution in [-0.4, -0.2) is 6.61 Å². The van der Waals surface area contributed by atoms with E-state index < -0.39 is 0 Å². The third kappa shape index (κ3) is 0.956. The monoisotopic (exact) mass is 188 g/mol. The van der Waals surface area contributed by atoms with Crippen molar-refractivity contribution in [1.82, 2.24) is 0 Å². The van der Waals surface area contributed by atoms with Crippen molar-refractivity contribution in [2.45, 2.75) is 38.0 Å². The average molecular weight is 188 g/mol. The third-order valence-electron chi connectivity index (χ3n) is 3.92. The van der Waals surface area contributed by atoms with Gasteiger partial charge in [0, 0.05) is 11.0 Å². The Kier molecular flexibility index (Phi) is 1.64. The van der Waals surface area contributed by atoms with Crippen molar-refractivity contribution in [2.75, 3.05) is 6.61 Å². The molecule has 0 aromatic heterocycles. The molecule has 3 rings (SSSR count). The predicted molar refractivity (Wildman–Crippen MR) is 56.8 cm³/mol. The van der Waals surface area contributed by atoms with E-state index in [1.54, 1.807) is 0 Å². The van der Waals surface area contributed by atoms with E-state index in [0.717, 1.165) is 6.61 Å². The molecule has 1 aromatic carbocycles. The van der Waals surface area contributed by atoms with Gasteiger partial charge in [0.05, 0.1) is 6.61 Å². The fraction of sp³-hybridized carbons (Fsp3) is 0.538. The first-order valence-electron chi connectivity index (χ1n) is 5.55. The fourth-order valence-electron chi connectivity index (χ4n) is 2.87. The minimum absolute atomic E-state index is 0.500. The molecule has 1 aliphatic heterocycles. The van der Waals surface area contributed by atoms with Gasteiger partial charge in [-0.3, -0.25) is 0 Å². The number of fused-ring (bicyclic) bond motifs is 2. The van der Waals surface area contributed by atoms with E-state index in [0.29, 0.717) is 5.41 Å². The molecule has 74 valence electrons. The molecule has 0 saturated heterocycles. The standard InChI is InChI=1S/C13H16O/c1-10-4-2-5-11-12(10)14-9-8-13(11)6-3-7-13/h2,4-5H,3,6-9H2,1H3. The lowest BCUT2D eigenvalue weighted by Gasteiger charge is -2.46. The van der Waals surface area contributed by atoms with Crippen LogP contribution in [0.1, 0.15) is 36.8 Å². The molecule has 1 heteroatoms. The molecule has 1 saturated carbocycles. The average Bonchev–Trinajstić information content (AvgIpc) is 2.15. The summed E-state index contributed by atoms with van der Waals surface area (Å²) in [5.41, 5.74) is 3.28. The molecule has 0 amide bonds. The fourth-order valence-corrected chi connectivity index (χ4v) is 2.87. The second-order valence-electron chi connectivity index (χ2n) is 4.68. The number of hydrogen-bond acceptors (Lipinski definition) is 1. The SMILES string of the molecule is Cc1cccc2c1OCCC21CCC1. The van der Waals surface area contributed by atoms with Gasteiger partial charge in [-0.1, -0.05) is 24.6 Å². The van der Waals surface area contributed by atoms with Crippen LogP contribution in [0.2, 0.25) is 0 Å². The highest BCUT2D eigenvalue weighted by Gasteiger charge is 2.42. The van der Waals surface area contributed by atoms with Crippen LogP contribution in [0.25, 0.3) is 0 Å². The van der Waals surface area contributed by atoms with Crippen molar-refractivity contribution in [3.63, 3.8) is 0 Å². The predicted octanol–water partition coefficient (Wildman–Crippen LogP) is 3.20. The van der Waals surface area contributed by atoms with Gasteiger partial charge in [-0.05, 0) is 31.7 Å². The molecular formula is C13H16O. The number of hydrogen-bond donors (Lipinski definition) is 0. The van der Waals surface area contributed by atoms with Crippen molar-refractivity contribution in [1.29, 1.82) is 0 Å². The lowest BCUT2D eigenvalue weighted by atomic mass is 9.61. The van der Waals surface area contributed by atoms with Crippen molar-refractivity contribution < 1.29 is 4.74 Å². The molecule has 0 N–H and O–H groups in total. The zero-order valence-electron chi connectivity index (χ0n) is 8.68. The molecule has 0 bridgehead atoms. The molecule has 1 spiro atoms. The zero-order chi connectivity index (χ0) is 9.60. The van der Waals surface area contributed by atoms with E-state index in [1.807, 2.05) is 0 Å². The van der Waals surface area contributed by atoms with Crippen LogP contribution in [-0.2, 0) is 5.41 Å². The third-order valence-corrected chi connectivity index (χ3v) is 3.92. The minimum atomic E-state index is 0.500. The summed E-state index contributed by atoms with van der Waals surface area (Å²) in [6.45, 7) is 3.06. The molecule has 0 unspecified atom stereocenters. The van der Waals surface area contributed by atoms with Crippen molar-refractivity contribution in [3.05, 3.63) is 29.3 Å². The van der Waals surface area contributed by atoms with Gasteiger partial charge in [0.1, 0.15) is 5.75 Å². The van der Waals surface area contributed by atoms with E-state index in [1.165, 1.54) is 42.6 Å². The van der Waals surface area contributed by atoms with Crippen molar-refractivity contribution in [2.24, 2.45) is 0 Å². The first kappa shape index (κ1) is 8.34. The lowest BCUT2D eigenvalue weighted by Crippen LogP contribution is -2.39. The van der Waals surface area contributed by atoms with E-state index >= 15 is 0 Å². The largest absolute Gasteiger partial charge is 0.493 e. The first-order chi connectivity index (χ1) is 6.82. The van der Waals surface area contributed by atoms with Gasteiger partial charge in [0.15, 0.2) is 0 Å². The van der Waals surface area contributed by atoms with Gasteiger partial charge in [-0.2, -0.15) is 0 Å². The van der Waals surface area contributed by atoms with Gasteiger partial charge < -0.3 is 4.74 Å². The van der Waals surface area contributed by atoms with Gasteiger partial charge in [0.2, 0.25) is 0 Å². The van der Waals surface area contributed by atoms with Crippen LogP contribution in [0.15, 0.2) is 18.2 Å². The highest BCUT2D eigenvalue weighted by Crippen LogP contribution is 2.52. The Balaban J connectivity index is 2.15. The van der Waals surface area contributed by atoms with Gasteiger partial charge >= 0.3 is 0 Å². The van der Waals surface area contributed by atoms with Crippen LogP contribution in [0.4, 0.5) is 0 Å². The summed E-state index contributed by atoms with van der Waals surface area (Å²) in [5, 5.41) is 0. The van der Waals surface area contributed by atoms with Crippen molar-refractivity contribution in [3.8, 4) is 5.75 Å². The minimum Gasteiger partial charge on any atom is -0.493 e. The molecule has 0 radical (unpaired) electrons. The maximum Gasteiger partial charge on any atom is 0.125 e. The second-order valence-corrected chi connectivity index (χ2v) is 4.68. The molecular weight excluding hydrogens is 172 g/mol. The van der Waals surface area contributed by atoms with Crippen LogP contribution in [0, 0.1) is 6.92 Å². The molecule has 1 heterocycles. The molecule has 0 atom stereocenters.